The Hall–Kier alpha value is -6.06. The molecule has 0 saturated carbocycles. The molecule has 0 spiro atoms. The standard InChI is InChI=1S/C42H26N2O/c1-2-11-28(12-3-1)43-36-17-7-4-13-31(36)32-23-21-27(25-39(32)43)30-16-10-19-38-42(30)34-15-5-8-18-37(34)44(38)29-22-24-41-35(26-29)33-14-6-9-20-40(33)45-41/h1-26H/i6D,9D,14D,20D,22D,24D,26D. The molecule has 0 unspecified atom stereocenters. The number of para-hydroxylation sites is 4. The summed E-state index contributed by atoms with van der Waals surface area (Å²) in [4.78, 5) is 0. The molecule has 3 nitrogen and oxygen atoms in total. The van der Waals surface area contributed by atoms with Crippen LogP contribution in [0.1, 0.15) is 9.60 Å². The summed E-state index contributed by atoms with van der Waals surface area (Å²) >= 11 is 0. The molecule has 0 aliphatic heterocycles. The molecule has 10 rings (SSSR count). The summed E-state index contributed by atoms with van der Waals surface area (Å²) in [5.74, 6) is 0. The van der Waals surface area contributed by atoms with E-state index in [0.717, 1.165) is 60.4 Å². The van der Waals surface area contributed by atoms with Gasteiger partial charge >= 0.3 is 0 Å². The summed E-state index contributed by atoms with van der Waals surface area (Å²) in [6.07, 6.45) is 0. The third-order valence-electron chi connectivity index (χ3n) is 8.79. The fraction of sp³-hybridized carbons (Fsp3) is 0. The van der Waals surface area contributed by atoms with Gasteiger partial charge in [-0.25, -0.2) is 0 Å². The number of fused-ring (bicyclic) bond motifs is 9. The van der Waals surface area contributed by atoms with E-state index >= 15 is 0 Å². The molecular weight excluding hydrogens is 548 g/mol. The lowest BCUT2D eigenvalue weighted by atomic mass is 9.98. The molecule has 0 aliphatic carbocycles. The zero-order valence-electron chi connectivity index (χ0n) is 30.8. The second-order valence-corrected chi connectivity index (χ2v) is 11.2. The van der Waals surface area contributed by atoms with E-state index in [1.165, 1.54) is 0 Å². The van der Waals surface area contributed by atoms with Gasteiger partial charge in [-0.05, 0) is 71.7 Å². The Morgan fingerprint density at radius 1 is 0.467 bits per heavy atom. The highest BCUT2D eigenvalue weighted by molar-refractivity contribution is 6.17. The first kappa shape index (κ1) is 18.6. The minimum absolute atomic E-state index is 0.0318. The van der Waals surface area contributed by atoms with Gasteiger partial charge < -0.3 is 13.6 Å². The topological polar surface area (TPSA) is 23.0 Å². The van der Waals surface area contributed by atoms with Crippen molar-refractivity contribution < 1.29 is 14.0 Å². The van der Waals surface area contributed by atoms with Gasteiger partial charge in [0.2, 0.25) is 0 Å². The molecule has 45 heavy (non-hydrogen) atoms. The summed E-state index contributed by atoms with van der Waals surface area (Å²) in [7, 11) is 0. The Morgan fingerprint density at radius 2 is 1.16 bits per heavy atom. The van der Waals surface area contributed by atoms with Gasteiger partial charge in [-0.1, -0.05) is 97.0 Å². The van der Waals surface area contributed by atoms with Crippen molar-refractivity contribution in [2.75, 3.05) is 0 Å². The highest BCUT2D eigenvalue weighted by atomic mass is 16.3. The molecule has 3 heteroatoms. The first-order chi connectivity index (χ1) is 25.3. The maximum Gasteiger partial charge on any atom is 0.135 e. The van der Waals surface area contributed by atoms with Crippen molar-refractivity contribution in [2.45, 2.75) is 0 Å². The first-order valence-corrected chi connectivity index (χ1v) is 14.8. The van der Waals surface area contributed by atoms with E-state index in [0.29, 0.717) is 0 Å². The van der Waals surface area contributed by atoms with E-state index in [1.807, 2.05) is 59.2 Å². The minimum Gasteiger partial charge on any atom is -0.456 e. The Kier molecular flexibility index (Phi) is 3.80. The number of hydrogen-bond acceptors (Lipinski definition) is 1. The van der Waals surface area contributed by atoms with Crippen molar-refractivity contribution in [2.24, 2.45) is 0 Å². The number of nitrogens with zero attached hydrogens (tertiary/aromatic N) is 2. The van der Waals surface area contributed by atoms with Crippen LogP contribution in [0.3, 0.4) is 0 Å². The molecule has 0 atom stereocenters. The minimum atomic E-state index is -0.460. The summed E-state index contributed by atoms with van der Waals surface area (Å²) in [5, 5.41) is 4.23. The summed E-state index contributed by atoms with van der Waals surface area (Å²) in [6.45, 7) is 0. The fourth-order valence-electron chi connectivity index (χ4n) is 6.90. The van der Waals surface area contributed by atoms with E-state index in [1.54, 1.807) is 0 Å². The molecule has 0 amide bonds. The number of benzene rings is 7. The fourth-order valence-corrected chi connectivity index (χ4v) is 6.90. The smallest absolute Gasteiger partial charge is 0.135 e. The highest BCUT2D eigenvalue weighted by Gasteiger charge is 2.19. The van der Waals surface area contributed by atoms with Crippen LogP contribution in [0.25, 0.3) is 88.1 Å². The van der Waals surface area contributed by atoms with Gasteiger partial charge in [0.15, 0.2) is 0 Å². The van der Waals surface area contributed by atoms with Crippen molar-refractivity contribution in [3.05, 3.63) is 158 Å². The van der Waals surface area contributed by atoms with Crippen molar-refractivity contribution in [1.29, 1.82) is 0 Å². The van der Waals surface area contributed by atoms with Crippen LogP contribution in [0.15, 0.2) is 162 Å². The lowest BCUT2D eigenvalue weighted by Crippen LogP contribution is -1.94. The van der Waals surface area contributed by atoms with Crippen LogP contribution in [0.2, 0.25) is 0 Å². The molecule has 0 N–H and O–H groups in total. The van der Waals surface area contributed by atoms with Crippen LogP contribution in [0.5, 0.6) is 0 Å². The van der Waals surface area contributed by atoms with Gasteiger partial charge in [-0.15, -0.1) is 0 Å². The van der Waals surface area contributed by atoms with Crippen molar-refractivity contribution in [3.63, 3.8) is 0 Å². The molecule has 210 valence electrons. The Bertz CT molecular complexity index is 3160. The molecule has 0 fully saturated rings. The molecule has 3 heterocycles. The van der Waals surface area contributed by atoms with Gasteiger partial charge in [-0.2, -0.15) is 0 Å². The summed E-state index contributed by atoms with van der Waals surface area (Å²) in [5.41, 5.74) is 6.56. The van der Waals surface area contributed by atoms with Crippen molar-refractivity contribution >= 4 is 65.6 Å². The predicted octanol–water partition coefficient (Wildman–Crippen LogP) is 11.4. The number of rotatable bonds is 3. The number of hydrogen-bond donors (Lipinski definition) is 0. The van der Waals surface area contributed by atoms with Crippen LogP contribution in [-0.2, 0) is 0 Å². The van der Waals surface area contributed by atoms with Crippen LogP contribution in [0.4, 0.5) is 0 Å². The van der Waals surface area contributed by atoms with Gasteiger partial charge in [0.05, 0.1) is 31.7 Å². The van der Waals surface area contributed by atoms with E-state index in [4.69, 9.17) is 11.3 Å². The Labute approximate surface area is 268 Å². The second kappa shape index (κ2) is 9.22. The maximum absolute atomic E-state index is 9.52. The van der Waals surface area contributed by atoms with E-state index in [-0.39, 0.29) is 57.8 Å². The lowest BCUT2D eigenvalue weighted by Gasteiger charge is -2.11. The number of furan rings is 1. The zero-order chi connectivity index (χ0) is 35.6. The van der Waals surface area contributed by atoms with E-state index < -0.39 is 12.1 Å². The van der Waals surface area contributed by atoms with Crippen molar-refractivity contribution in [1.82, 2.24) is 9.13 Å². The average molecular weight is 582 g/mol. The second-order valence-electron chi connectivity index (χ2n) is 11.2. The first-order valence-electron chi connectivity index (χ1n) is 18.3. The van der Waals surface area contributed by atoms with E-state index in [2.05, 4.69) is 65.2 Å². The quantitative estimate of drug-likeness (QED) is 0.203. The summed E-state index contributed by atoms with van der Waals surface area (Å²) < 4.78 is 71.3. The molecule has 7 aromatic carbocycles. The largest absolute Gasteiger partial charge is 0.456 e. The van der Waals surface area contributed by atoms with E-state index in [9.17, 15) is 2.74 Å². The molecule has 3 aromatic heterocycles. The van der Waals surface area contributed by atoms with Gasteiger partial charge in [0.1, 0.15) is 11.2 Å². The van der Waals surface area contributed by atoms with Crippen LogP contribution >= 0.6 is 0 Å². The van der Waals surface area contributed by atoms with Gasteiger partial charge in [0, 0.05) is 43.7 Å². The average Bonchev–Trinajstić information content (AvgIpc) is 3.85. The predicted molar refractivity (Wildman–Crippen MR) is 188 cm³/mol. The molecule has 0 radical (unpaired) electrons. The molecule has 0 saturated heterocycles. The monoisotopic (exact) mass is 581 g/mol. The third kappa shape index (κ3) is 3.46. The number of aromatic nitrogens is 2. The molecule has 0 bridgehead atoms. The van der Waals surface area contributed by atoms with Crippen molar-refractivity contribution in [3.8, 4) is 22.5 Å². The van der Waals surface area contributed by atoms with Gasteiger partial charge in [0.25, 0.3) is 0 Å². The van der Waals surface area contributed by atoms with Crippen LogP contribution in [0, 0.1) is 0 Å². The zero-order valence-corrected chi connectivity index (χ0v) is 23.8. The SMILES string of the molecule is [2H]c1c([2H])c([2H])c2c(oc3c([2H])c([2H])c(-n4c5ccccc5c5c(-c6ccc7c8ccccc8n(-c8ccccc8)c7c6)cccc54)c([2H])c32)c1[2H]. The Balaban J connectivity index is 1.30. The van der Waals surface area contributed by atoms with Crippen LogP contribution in [-0.4, -0.2) is 9.13 Å². The summed E-state index contributed by atoms with van der Waals surface area (Å²) in [6, 6.07) is 36.7. The molecular formula is C42H26N2O. The lowest BCUT2D eigenvalue weighted by molar-refractivity contribution is 0.669. The third-order valence-corrected chi connectivity index (χ3v) is 8.79. The Morgan fingerprint density at radius 3 is 2.04 bits per heavy atom. The molecule has 10 aromatic rings. The van der Waals surface area contributed by atoms with Gasteiger partial charge in [-0.3, -0.25) is 0 Å². The maximum atomic E-state index is 9.52. The van der Waals surface area contributed by atoms with Crippen LogP contribution < -0.4 is 0 Å². The highest BCUT2D eigenvalue weighted by Crippen LogP contribution is 2.41. The molecule has 0 aliphatic rings. The normalized spacial score (nSPS) is 14.2.